The molecule has 2 heterocycles. The summed E-state index contributed by atoms with van der Waals surface area (Å²) >= 11 is 0. The Hall–Kier alpha value is -2.31. The number of piperidine rings is 1. The van der Waals surface area contributed by atoms with Crippen LogP contribution in [0.2, 0.25) is 0 Å². The van der Waals surface area contributed by atoms with Crippen LogP contribution in [0.15, 0.2) is 60.7 Å². The maximum atomic E-state index is 10.6. The molecule has 5 rings (SSSR count). The Kier molecular flexibility index (Phi) is 6.01. The van der Waals surface area contributed by atoms with Crippen molar-refractivity contribution in [1.82, 2.24) is 4.90 Å². The van der Waals surface area contributed by atoms with E-state index in [1.165, 1.54) is 56.6 Å². The Labute approximate surface area is 187 Å². The van der Waals surface area contributed by atoms with Crippen LogP contribution in [-0.4, -0.2) is 37.6 Å². The molecule has 2 aromatic carbocycles. The van der Waals surface area contributed by atoms with Crippen molar-refractivity contribution in [2.45, 2.75) is 43.9 Å². The summed E-state index contributed by atoms with van der Waals surface area (Å²) in [5.41, 5.74) is 2.35. The molecule has 162 valence electrons. The average molecular weight is 414 g/mol. The van der Waals surface area contributed by atoms with Gasteiger partial charge in [-0.2, -0.15) is 5.26 Å². The minimum Gasteiger partial charge on any atom is -0.371 e. The molecule has 0 radical (unpaired) electrons. The number of rotatable bonds is 6. The molecule has 0 bridgehead atoms. The van der Waals surface area contributed by atoms with Crippen LogP contribution in [0.25, 0.3) is 0 Å². The minimum atomic E-state index is -0.287. The predicted octanol–water partition coefficient (Wildman–Crippen LogP) is 5.49. The van der Waals surface area contributed by atoms with Crippen molar-refractivity contribution in [2.24, 2.45) is 17.8 Å². The van der Waals surface area contributed by atoms with Crippen LogP contribution in [0.3, 0.4) is 0 Å². The molecule has 1 unspecified atom stereocenters. The number of nitrogens with zero attached hydrogens (tertiary/aromatic N) is 3. The van der Waals surface area contributed by atoms with Crippen molar-refractivity contribution in [3.63, 3.8) is 0 Å². The van der Waals surface area contributed by atoms with E-state index in [4.69, 9.17) is 0 Å². The smallest absolute Gasteiger partial charge is 0.0879 e. The molecule has 3 fully saturated rings. The van der Waals surface area contributed by atoms with Gasteiger partial charge in [-0.15, -0.1) is 0 Å². The van der Waals surface area contributed by atoms with Gasteiger partial charge >= 0.3 is 0 Å². The first-order chi connectivity index (χ1) is 15.3. The molecule has 1 aliphatic carbocycles. The quantitative estimate of drug-likeness (QED) is 0.628. The van der Waals surface area contributed by atoms with E-state index < -0.39 is 0 Å². The van der Waals surface area contributed by atoms with Gasteiger partial charge in [-0.25, -0.2) is 0 Å². The van der Waals surface area contributed by atoms with E-state index in [1.54, 1.807) is 0 Å². The largest absolute Gasteiger partial charge is 0.371 e. The van der Waals surface area contributed by atoms with Gasteiger partial charge in [0.05, 0.1) is 11.5 Å². The molecule has 1 saturated carbocycles. The summed E-state index contributed by atoms with van der Waals surface area (Å²) in [5.74, 6) is 1.80. The van der Waals surface area contributed by atoms with Gasteiger partial charge in [-0.1, -0.05) is 61.4 Å². The Balaban J connectivity index is 1.21. The van der Waals surface area contributed by atoms with E-state index in [0.717, 1.165) is 31.8 Å². The summed E-state index contributed by atoms with van der Waals surface area (Å²) < 4.78 is 0. The highest BCUT2D eigenvalue weighted by Gasteiger charge is 2.48. The molecule has 0 aromatic heterocycles. The lowest BCUT2D eigenvalue weighted by Gasteiger charge is -2.47. The third kappa shape index (κ3) is 3.99. The highest BCUT2D eigenvalue weighted by atomic mass is 15.2. The summed E-state index contributed by atoms with van der Waals surface area (Å²) in [7, 11) is 0. The van der Waals surface area contributed by atoms with E-state index >= 15 is 0 Å². The van der Waals surface area contributed by atoms with Crippen LogP contribution in [0.1, 0.15) is 44.1 Å². The SMILES string of the molecule is N#CC(c1ccccc1)(C1CCCC1)C1CCN(CC2CN(c3ccccc3)C2)CC1. The van der Waals surface area contributed by atoms with Crippen molar-refractivity contribution >= 4 is 5.69 Å². The maximum Gasteiger partial charge on any atom is 0.0879 e. The van der Waals surface area contributed by atoms with E-state index in [0.29, 0.717) is 11.8 Å². The van der Waals surface area contributed by atoms with Crippen molar-refractivity contribution in [1.29, 1.82) is 5.26 Å². The molecule has 31 heavy (non-hydrogen) atoms. The molecule has 3 heteroatoms. The molecule has 0 N–H and O–H groups in total. The van der Waals surface area contributed by atoms with E-state index in [2.05, 4.69) is 76.5 Å². The van der Waals surface area contributed by atoms with Gasteiger partial charge in [0.1, 0.15) is 0 Å². The first-order valence-corrected chi connectivity index (χ1v) is 12.3. The third-order valence-electron chi connectivity index (χ3n) is 8.26. The summed E-state index contributed by atoms with van der Waals surface area (Å²) in [5, 5.41) is 10.6. The van der Waals surface area contributed by atoms with Gasteiger partial charge in [-0.05, 0) is 68.3 Å². The highest BCUT2D eigenvalue weighted by molar-refractivity contribution is 5.48. The Morgan fingerprint density at radius 3 is 2.00 bits per heavy atom. The zero-order chi connectivity index (χ0) is 21.1. The molecule has 2 aliphatic heterocycles. The second kappa shape index (κ2) is 9.05. The maximum absolute atomic E-state index is 10.6. The molecule has 1 atom stereocenters. The number of nitriles is 1. The normalized spacial score (nSPS) is 23.3. The van der Waals surface area contributed by atoms with Gasteiger partial charge in [-0.3, -0.25) is 0 Å². The molecular weight excluding hydrogens is 378 g/mol. The van der Waals surface area contributed by atoms with Crippen LogP contribution in [0.4, 0.5) is 5.69 Å². The van der Waals surface area contributed by atoms with Gasteiger partial charge in [0.15, 0.2) is 0 Å². The molecule has 2 saturated heterocycles. The van der Waals surface area contributed by atoms with Crippen molar-refractivity contribution in [3.8, 4) is 6.07 Å². The van der Waals surface area contributed by atoms with Crippen LogP contribution in [-0.2, 0) is 5.41 Å². The summed E-state index contributed by atoms with van der Waals surface area (Å²) in [6.07, 6.45) is 7.35. The zero-order valence-corrected chi connectivity index (χ0v) is 18.6. The standard InChI is InChI=1S/C28H35N3/c29-22-28(25-11-7-8-12-25,24-9-3-1-4-10-24)26-15-17-30(18-16-26)19-23-20-31(21-23)27-13-5-2-6-14-27/h1-6,9-10,13-14,23,25-26H,7-8,11-12,15-21H2. The van der Waals surface area contributed by atoms with Crippen molar-refractivity contribution < 1.29 is 0 Å². The van der Waals surface area contributed by atoms with Crippen LogP contribution < -0.4 is 4.90 Å². The lowest BCUT2D eigenvalue weighted by molar-refractivity contribution is 0.103. The molecular formula is C28H35N3. The van der Waals surface area contributed by atoms with Gasteiger partial charge in [0, 0.05) is 31.2 Å². The molecule has 2 aromatic rings. The van der Waals surface area contributed by atoms with Crippen molar-refractivity contribution in [2.75, 3.05) is 37.6 Å². The number of para-hydroxylation sites is 1. The fourth-order valence-electron chi connectivity index (χ4n) is 6.62. The fourth-order valence-corrected chi connectivity index (χ4v) is 6.62. The highest BCUT2D eigenvalue weighted by Crippen LogP contribution is 2.50. The van der Waals surface area contributed by atoms with Crippen molar-refractivity contribution in [3.05, 3.63) is 66.2 Å². The lowest BCUT2D eigenvalue weighted by Crippen LogP contribution is -2.53. The molecule has 3 aliphatic rings. The van der Waals surface area contributed by atoms with Gasteiger partial charge in [0.2, 0.25) is 0 Å². The Bertz CT molecular complexity index is 869. The number of hydrogen-bond acceptors (Lipinski definition) is 3. The number of hydrogen-bond donors (Lipinski definition) is 0. The third-order valence-corrected chi connectivity index (χ3v) is 8.26. The first-order valence-electron chi connectivity index (χ1n) is 12.3. The van der Waals surface area contributed by atoms with Crippen LogP contribution in [0, 0.1) is 29.1 Å². The monoisotopic (exact) mass is 413 g/mol. The van der Waals surface area contributed by atoms with Crippen LogP contribution >= 0.6 is 0 Å². The summed E-state index contributed by atoms with van der Waals surface area (Å²) in [6.45, 7) is 5.87. The summed E-state index contributed by atoms with van der Waals surface area (Å²) in [4.78, 5) is 5.17. The topological polar surface area (TPSA) is 30.3 Å². The second-order valence-electron chi connectivity index (χ2n) is 10.0. The van der Waals surface area contributed by atoms with Crippen LogP contribution in [0.5, 0.6) is 0 Å². The lowest BCUT2D eigenvalue weighted by atomic mass is 9.60. The molecule has 0 spiro atoms. The van der Waals surface area contributed by atoms with Gasteiger partial charge in [0.25, 0.3) is 0 Å². The fraction of sp³-hybridized carbons (Fsp3) is 0.536. The summed E-state index contributed by atoms with van der Waals surface area (Å²) in [6, 6.07) is 24.5. The Morgan fingerprint density at radius 1 is 0.806 bits per heavy atom. The minimum absolute atomic E-state index is 0.287. The molecule has 0 amide bonds. The average Bonchev–Trinajstić information content (AvgIpc) is 3.34. The first kappa shape index (κ1) is 20.6. The predicted molar refractivity (Wildman–Crippen MR) is 127 cm³/mol. The van der Waals surface area contributed by atoms with Gasteiger partial charge < -0.3 is 9.80 Å². The van der Waals surface area contributed by atoms with E-state index in [9.17, 15) is 5.26 Å². The Morgan fingerprint density at radius 2 is 1.39 bits per heavy atom. The number of anilines is 1. The van der Waals surface area contributed by atoms with E-state index in [1.807, 2.05) is 0 Å². The molecule has 3 nitrogen and oxygen atoms in total. The zero-order valence-electron chi connectivity index (χ0n) is 18.6. The van der Waals surface area contributed by atoms with E-state index in [-0.39, 0.29) is 5.41 Å². The number of likely N-dealkylation sites (tertiary alicyclic amines) is 1. The second-order valence-corrected chi connectivity index (χ2v) is 10.0. The number of benzene rings is 2.